The number of rotatable bonds is 5. The van der Waals surface area contributed by atoms with Crippen LogP contribution in [-0.4, -0.2) is 17.6 Å². The number of aliphatic hydroxyl groups is 1. The van der Waals surface area contributed by atoms with Gasteiger partial charge in [0.25, 0.3) is 5.91 Å². The molecule has 0 bridgehead atoms. The van der Waals surface area contributed by atoms with Gasteiger partial charge in [-0.15, -0.1) is 0 Å². The molecule has 0 aliphatic rings. The van der Waals surface area contributed by atoms with E-state index in [1.807, 2.05) is 32.0 Å². The quantitative estimate of drug-likeness (QED) is 0.888. The van der Waals surface area contributed by atoms with Gasteiger partial charge in [0.15, 0.2) is 6.61 Å². The van der Waals surface area contributed by atoms with Gasteiger partial charge in [-0.2, -0.15) is 0 Å². The van der Waals surface area contributed by atoms with Crippen LogP contribution >= 0.6 is 0 Å². The molecule has 0 aliphatic carbocycles. The van der Waals surface area contributed by atoms with Crippen molar-refractivity contribution in [1.29, 1.82) is 0 Å². The van der Waals surface area contributed by atoms with E-state index < -0.39 is 0 Å². The molecule has 2 rings (SSSR count). The number of carbonyl (C=O) groups excluding carboxylic acids is 1. The van der Waals surface area contributed by atoms with Gasteiger partial charge in [-0.1, -0.05) is 24.3 Å². The van der Waals surface area contributed by atoms with Crippen molar-refractivity contribution in [3.8, 4) is 5.75 Å². The second-order valence-corrected chi connectivity index (χ2v) is 4.89. The molecule has 4 nitrogen and oxygen atoms in total. The molecule has 2 N–H and O–H groups in total. The van der Waals surface area contributed by atoms with Crippen LogP contribution in [0.3, 0.4) is 0 Å². The van der Waals surface area contributed by atoms with Crippen LogP contribution in [0.2, 0.25) is 0 Å². The van der Waals surface area contributed by atoms with Crippen LogP contribution in [0.5, 0.6) is 5.75 Å². The van der Waals surface area contributed by atoms with E-state index in [4.69, 9.17) is 9.84 Å². The minimum atomic E-state index is -0.199. The van der Waals surface area contributed by atoms with E-state index >= 15 is 0 Å². The Kier molecular flexibility index (Phi) is 4.95. The molecule has 0 fully saturated rings. The van der Waals surface area contributed by atoms with E-state index in [0.717, 1.165) is 22.4 Å². The fraction of sp³-hybridized carbons (Fsp3) is 0.235. The second kappa shape index (κ2) is 6.90. The van der Waals surface area contributed by atoms with Gasteiger partial charge in [-0.05, 0) is 48.7 Å². The van der Waals surface area contributed by atoms with Gasteiger partial charge in [-0.25, -0.2) is 0 Å². The third-order valence-corrected chi connectivity index (χ3v) is 3.35. The predicted molar refractivity (Wildman–Crippen MR) is 82.4 cm³/mol. The molecule has 1 amide bonds. The van der Waals surface area contributed by atoms with E-state index in [0.29, 0.717) is 5.75 Å². The van der Waals surface area contributed by atoms with E-state index in [9.17, 15) is 4.79 Å². The lowest BCUT2D eigenvalue weighted by Crippen LogP contribution is -2.20. The molecule has 4 heteroatoms. The number of hydrogen-bond donors (Lipinski definition) is 2. The zero-order chi connectivity index (χ0) is 15.2. The van der Waals surface area contributed by atoms with Crippen molar-refractivity contribution < 1.29 is 14.6 Å². The lowest BCUT2D eigenvalue weighted by molar-refractivity contribution is -0.118. The molecule has 21 heavy (non-hydrogen) atoms. The van der Waals surface area contributed by atoms with Crippen LogP contribution < -0.4 is 10.1 Å². The van der Waals surface area contributed by atoms with Crippen LogP contribution in [0.25, 0.3) is 0 Å². The maximum Gasteiger partial charge on any atom is 0.262 e. The zero-order valence-corrected chi connectivity index (χ0v) is 12.2. The molecule has 0 atom stereocenters. The Bertz CT molecular complexity index is 620. The lowest BCUT2D eigenvalue weighted by Gasteiger charge is -2.11. The first-order chi connectivity index (χ1) is 10.1. The first kappa shape index (κ1) is 15.1. The third kappa shape index (κ3) is 4.07. The number of aryl methyl sites for hydroxylation is 1. The Balaban J connectivity index is 1.91. The summed E-state index contributed by atoms with van der Waals surface area (Å²) in [5.74, 6) is 0.401. The fourth-order valence-corrected chi connectivity index (χ4v) is 1.91. The average Bonchev–Trinajstić information content (AvgIpc) is 2.50. The monoisotopic (exact) mass is 285 g/mol. The van der Waals surface area contributed by atoms with Gasteiger partial charge in [-0.3, -0.25) is 4.79 Å². The Morgan fingerprint density at radius 3 is 2.52 bits per heavy atom. The third-order valence-electron chi connectivity index (χ3n) is 3.35. The SMILES string of the molecule is Cc1cccc(NC(=O)COc2ccc(CO)cc2)c1C. The summed E-state index contributed by atoms with van der Waals surface area (Å²) >= 11 is 0. The number of aliphatic hydroxyl groups excluding tert-OH is 1. The molecule has 110 valence electrons. The maximum absolute atomic E-state index is 11.9. The number of ether oxygens (including phenoxy) is 1. The smallest absolute Gasteiger partial charge is 0.262 e. The number of carbonyl (C=O) groups is 1. The molecule has 0 aromatic heterocycles. The van der Waals surface area contributed by atoms with E-state index in [1.165, 1.54) is 0 Å². The van der Waals surface area contributed by atoms with E-state index in [-0.39, 0.29) is 19.1 Å². The van der Waals surface area contributed by atoms with Crippen LogP contribution in [-0.2, 0) is 11.4 Å². The summed E-state index contributed by atoms with van der Waals surface area (Å²) in [4.78, 5) is 11.9. The van der Waals surface area contributed by atoms with Crippen LogP contribution in [0.1, 0.15) is 16.7 Å². The van der Waals surface area contributed by atoms with Gasteiger partial charge < -0.3 is 15.2 Å². The van der Waals surface area contributed by atoms with Crippen molar-refractivity contribution in [3.63, 3.8) is 0 Å². The van der Waals surface area contributed by atoms with Crippen LogP contribution in [0.15, 0.2) is 42.5 Å². The van der Waals surface area contributed by atoms with Crippen molar-refractivity contribution in [2.24, 2.45) is 0 Å². The fourth-order valence-electron chi connectivity index (χ4n) is 1.91. The molecule has 2 aromatic rings. The molecule has 0 saturated carbocycles. The van der Waals surface area contributed by atoms with Gasteiger partial charge in [0.1, 0.15) is 5.75 Å². The van der Waals surface area contributed by atoms with E-state index in [1.54, 1.807) is 24.3 Å². The van der Waals surface area contributed by atoms with Crippen molar-refractivity contribution in [1.82, 2.24) is 0 Å². The van der Waals surface area contributed by atoms with Crippen molar-refractivity contribution in [2.45, 2.75) is 20.5 Å². The topological polar surface area (TPSA) is 58.6 Å². The van der Waals surface area contributed by atoms with Gasteiger partial charge in [0.05, 0.1) is 6.61 Å². The normalized spacial score (nSPS) is 10.2. The highest BCUT2D eigenvalue weighted by Crippen LogP contribution is 2.18. The molecular weight excluding hydrogens is 266 g/mol. The molecular formula is C17H19NO3. The Morgan fingerprint density at radius 2 is 1.86 bits per heavy atom. The van der Waals surface area contributed by atoms with Crippen molar-refractivity contribution in [2.75, 3.05) is 11.9 Å². The standard InChI is InChI=1S/C17H19NO3/c1-12-4-3-5-16(13(12)2)18-17(20)11-21-15-8-6-14(10-19)7-9-15/h3-9,19H,10-11H2,1-2H3,(H,18,20). The molecule has 0 radical (unpaired) electrons. The number of nitrogens with one attached hydrogen (secondary N) is 1. The largest absolute Gasteiger partial charge is 0.484 e. The summed E-state index contributed by atoms with van der Waals surface area (Å²) in [6.07, 6.45) is 0. The first-order valence-electron chi connectivity index (χ1n) is 6.79. The summed E-state index contributed by atoms with van der Waals surface area (Å²) in [6, 6.07) is 12.8. The highest BCUT2D eigenvalue weighted by atomic mass is 16.5. The molecule has 0 unspecified atom stereocenters. The van der Waals surface area contributed by atoms with E-state index in [2.05, 4.69) is 5.32 Å². The zero-order valence-electron chi connectivity index (χ0n) is 12.2. The summed E-state index contributed by atoms with van der Waals surface area (Å²) in [5, 5.41) is 11.8. The Morgan fingerprint density at radius 1 is 1.14 bits per heavy atom. The number of amides is 1. The van der Waals surface area contributed by atoms with Crippen molar-refractivity contribution >= 4 is 11.6 Å². The lowest BCUT2D eigenvalue weighted by atomic mass is 10.1. The number of hydrogen-bond acceptors (Lipinski definition) is 3. The second-order valence-electron chi connectivity index (χ2n) is 4.89. The summed E-state index contributed by atoms with van der Waals surface area (Å²) in [7, 11) is 0. The number of anilines is 1. The molecule has 0 saturated heterocycles. The molecule has 0 heterocycles. The maximum atomic E-state index is 11.9. The van der Waals surface area contributed by atoms with Gasteiger partial charge >= 0.3 is 0 Å². The minimum absolute atomic E-state index is 0.00655. The summed E-state index contributed by atoms with van der Waals surface area (Å²) < 4.78 is 5.42. The van der Waals surface area contributed by atoms with Crippen LogP contribution in [0, 0.1) is 13.8 Å². The van der Waals surface area contributed by atoms with Gasteiger partial charge in [0, 0.05) is 5.69 Å². The first-order valence-corrected chi connectivity index (χ1v) is 6.79. The summed E-state index contributed by atoms with van der Waals surface area (Å²) in [6.45, 7) is 3.92. The minimum Gasteiger partial charge on any atom is -0.484 e. The highest BCUT2D eigenvalue weighted by molar-refractivity contribution is 5.92. The summed E-state index contributed by atoms with van der Waals surface area (Å²) in [5.41, 5.74) is 3.80. The Labute approximate surface area is 124 Å². The highest BCUT2D eigenvalue weighted by Gasteiger charge is 2.06. The molecule has 2 aromatic carbocycles. The van der Waals surface area contributed by atoms with Crippen molar-refractivity contribution in [3.05, 3.63) is 59.2 Å². The number of benzene rings is 2. The average molecular weight is 285 g/mol. The molecule has 0 spiro atoms. The molecule has 0 aliphatic heterocycles. The predicted octanol–water partition coefficient (Wildman–Crippen LogP) is 2.81. The van der Waals surface area contributed by atoms with Gasteiger partial charge in [0.2, 0.25) is 0 Å². The Hall–Kier alpha value is -2.33. The van der Waals surface area contributed by atoms with Crippen LogP contribution in [0.4, 0.5) is 5.69 Å².